The molecule has 2 aliphatic rings. The molecule has 26 heavy (non-hydrogen) atoms. The molecule has 3 rings (SSSR count). The van der Waals surface area contributed by atoms with Crippen LogP contribution in [0.3, 0.4) is 0 Å². The summed E-state index contributed by atoms with van der Waals surface area (Å²) in [5, 5.41) is 10.0. The second-order valence-corrected chi connectivity index (χ2v) is 7.56. The SMILES string of the molecule is C=C(/C=C(\C)C1CC1)NC1=C(Br)C=NC(Nc2cc(C)ccc2OC)N1. The van der Waals surface area contributed by atoms with Crippen molar-refractivity contribution >= 4 is 27.8 Å². The number of hydrogen-bond donors (Lipinski definition) is 3. The summed E-state index contributed by atoms with van der Waals surface area (Å²) in [5.74, 6) is 2.34. The highest BCUT2D eigenvalue weighted by molar-refractivity contribution is 9.12. The van der Waals surface area contributed by atoms with E-state index in [1.807, 2.05) is 25.1 Å². The van der Waals surface area contributed by atoms with Crippen molar-refractivity contribution in [3.63, 3.8) is 0 Å². The smallest absolute Gasteiger partial charge is 0.195 e. The van der Waals surface area contributed by atoms with Gasteiger partial charge in [-0.25, -0.2) is 4.99 Å². The number of rotatable bonds is 7. The van der Waals surface area contributed by atoms with Gasteiger partial charge in [-0.05, 0) is 72.3 Å². The van der Waals surface area contributed by atoms with Gasteiger partial charge in [0.25, 0.3) is 0 Å². The fourth-order valence-electron chi connectivity index (χ4n) is 2.83. The number of anilines is 1. The van der Waals surface area contributed by atoms with Crippen LogP contribution < -0.4 is 20.7 Å². The van der Waals surface area contributed by atoms with Crippen LogP contribution in [0.5, 0.6) is 5.75 Å². The van der Waals surface area contributed by atoms with Crippen LogP contribution in [-0.4, -0.2) is 19.6 Å². The molecule has 1 saturated carbocycles. The molecule has 138 valence electrons. The van der Waals surface area contributed by atoms with E-state index < -0.39 is 0 Å². The Bertz CT molecular complexity index is 793. The second kappa shape index (κ2) is 7.99. The Labute approximate surface area is 163 Å². The Morgan fingerprint density at radius 3 is 2.88 bits per heavy atom. The standard InChI is InChI=1S/C20H25BrN4O/c1-12-5-8-18(26-4)17(9-12)24-20-22-11-16(21)19(25-20)23-14(3)10-13(2)15-6-7-15/h5,8-11,15,20,23-25H,3,6-7H2,1-2,4H3/b13-10+. The van der Waals surface area contributed by atoms with Gasteiger partial charge in [0, 0.05) is 11.9 Å². The van der Waals surface area contributed by atoms with Crippen LogP contribution in [0.15, 0.2) is 57.4 Å². The highest BCUT2D eigenvalue weighted by Gasteiger charge is 2.23. The first-order chi connectivity index (χ1) is 12.5. The van der Waals surface area contributed by atoms with Crippen LogP contribution in [0.1, 0.15) is 25.3 Å². The molecule has 3 N–H and O–H groups in total. The van der Waals surface area contributed by atoms with Gasteiger partial charge in [-0.3, -0.25) is 0 Å². The number of ether oxygens (including phenoxy) is 1. The summed E-state index contributed by atoms with van der Waals surface area (Å²) in [7, 11) is 1.66. The number of methoxy groups -OCH3 is 1. The lowest BCUT2D eigenvalue weighted by Crippen LogP contribution is -2.41. The molecule has 0 aromatic heterocycles. The van der Waals surface area contributed by atoms with Gasteiger partial charge in [0.15, 0.2) is 6.29 Å². The third-order valence-electron chi connectivity index (χ3n) is 4.41. The van der Waals surface area contributed by atoms with Crippen molar-refractivity contribution in [1.82, 2.24) is 10.6 Å². The maximum atomic E-state index is 5.43. The lowest BCUT2D eigenvalue weighted by atomic mass is 10.1. The number of benzene rings is 1. The maximum absolute atomic E-state index is 5.43. The van der Waals surface area contributed by atoms with Crippen molar-refractivity contribution in [3.8, 4) is 5.75 Å². The average Bonchev–Trinajstić information content (AvgIpc) is 3.43. The second-order valence-electron chi connectivity index (χ2n) is 6.71. The van der Waals surface area contributed by atoms with E-state index in [9.17, 15) is 0 Å². The molecule has 1 aliphatic heterocycles. The molecule has 6 heteroatoms. The summed E-state index contributed by atoms with van der Waals surface area (Å²) >= 11 is 3.53. The Morgan fingerprint density at radius 2 is 2.19 bits per heavy atom. The summed E-state index contributed by atoms with van der Waals surface area (Å²) in [4.78, 5) is 4.47. The van der Waals surface area contributed by atoms with Gasteiger partial charge in [-0.15, -0.1) is 0 Å². The predicted molar refractivity (Wildman–Crippen MR) is 111 cm³/mol. The lowest BCUT2D eigenvalue weighted by Gasteiger charge is -2.26. The lowest BCUT2D eigenvalue weighted by molar-refractivity contribution is 0.415. The summed E-state index contributed by atoms with van der Waals surface area (Å²) < 4.78 is 6.28. The van der Waals surface area contributed by atoms with Crippen molar-refractivity contribution in [2.24, 2.45) is 10.9 Å². The van der Waals surface area contributed by atoms with E-state index in [-0.39, 0.29) is 6.29 Å². The minimum atomic E-state index is -0.309. The van der Waals surface area contributed by atoms with E-state index in [1.165, 1.54) is 18.4 Å². The highest BCUT2D eigenvalue weighted by Crippen LogP contribution is 2.36. The van der Waals surface area contributed by atoms with Crippen LogP contribution in [0.2, 0.25) is 0 Å². The summed E-state index contributed by atoms with van der Waals surface area (Å²) in [6.45, 7) is 8.32. The van der Waals surface area contributed by atoms with Gasteiger partial charge in [0.05, 0.1) is 17.3 Å². The molecule has 0 amide bonds. The molecule has 0 radical (unpaired) electrons. The number of nitrogens with zero attached hydrogens (tertiary/aromatic N) is 1. The predicted octanol–water partition coefficient (Wildman–Crippen LogP) is 4.40. The summed E-state index contributed by atoms with van der Waals surface area (Å²) in [6, 6.07) is 6.00. The average molecular weight is 417 g/mol. The van der Waals surface area contributed by atoms with Gasteiger partial charge in [0.2, 0.25) is 0 Å². The number of nitrogens with one attached hydrogen (secondary N) is 3. The number of halogens is 1. The maximum Gasteiger partial charge on any atom is 0.195 e. The van der Waals surface area contributed by atoms with Gasteiger partial charge in [0.1, 0.15) is 11.6 Å². The molecule has 1 unspecified atom stereocenters. The topological polar surface area (TPSA) is 57.7 Å². The van der Waals surface area contributed by atoms with Crippen molar-refractivity contribution in [2.45, 2.75) is 33.0 Å². The van der Waals surface area contributed by atoms with E-state index in [1.54, 1.807) is 13.3 Å². The van der Waals surface area contributed by atoms with E-state index in [0.717, 1.165) is 38.9 Å². The minimum absolute atomic E-state index is 0.309. The molecule has 1 fully saturated rings. The van der Waals surface area contributed by atoms with Crippen molar-refractivity contribution in [1.29, 1.82) is 0 Å². The first kappa shape index (κ1) is 18.6. The quantitative estimate of drug-likeness (QED) is 0.576. The van der Waals surface area contributed by atoms with Gasteiger partial charge < -0.3 is 20.7 Å². The van der Waals surface area contributed by atoms with Crippen LogP contribution in [-0.2, 0) is 0 Å². The van der Waals surface area contributed by atoms with Crippen molar-refractivity contribution < 1.29 is 4.74 Å². The first-order valence-corrected chi connectivity index (χ1v) is 9.50. The fraction of sp³-hybridized carbons (Fsp3) is 0.350. The highest BCUT2D eigenvalue weighted by atomic mass is 79.9. The Hall–Kier alpha value is -2.21. The van der Waals surface area contributed by atoms with Gasteiger partial charge >= 0.3 is 0 Å². The van der Waals surface area contributed by atoms with Crippen molar-refractivity contribution in [3.05, 3.63) is 58.0 Å². The molecule has 5 nitrogen and oxygen atoms in total. The molecule has 1 aromatic carbocycles. The molecular formula is C20H25BrN4O. The van der Waals surface area contributed by atoms with Gasteiger partial charge in [-0.1, -0.05) is 18.2 Å². The summed E-state index contributed by atoms with van der Waals surface area (Å²) in [5.41, 5.74) is 4.28. The van der Waals surface area contributed by atoms with E-state index in [4.69, 9.17) is 4.74 Å². The van der Waals surface area contributed by atoms with Crippen molar-refractivity contribution in [2.75, 3.05) is 12.4 Å². The Kier molecular flexibility index (Phi) is 5.71. The van der Waals surface area contributed by atoms with Crippen LogP contribution in [0, 0.1) is 12.8 Å². The zero-order chi connectivity index (χ0) is 18.7. The third-order valence-corrected chi connectivity index (χ3v) is 5.01. The molecule has 0 bridgehead atoms. The first-order valence-electron chi connectivity index (χ1n) is 8.71. The van der Waals surface area contributed by atoms with Crippen LogP contribution in [0.4, 0.5) is 5.69 Å². The normalized spacial score (nSPS) is 19.8. The summed E-state index contributed by atoms with van der Waals surface area (Å²) in [6.07, 6.45) is 6.17. The van der Waals surface area contributed by atoms with E-state index in [0.29, 0.717) is 0 Å². The number of allylic oxidation sites excluding steroid dienone is 3. The molecular weight excluding hydrogens is 392 g/mol. The Morgan fingerprint density at radius 1 is 1.42 bits per heavy atom. The number of aryl methyl sites for hydroxylation is 1. The Balaban J connectivity index is 1.66. The monoisotopic (exact) mass is 416 g/mol. The zero-order valence-corrected chi connectivity index (χ0v) is 17.0. The fourth-order valence-corrected chi connectivity index (χ4v) is 3.16. The van der Waals surface area contributed by atoms with Crippen LogP contribution >= 0.6 is 15.9 Å². The van der Waals surface area contributed by atoms with E-state index in [2.05, 4.69) is 56.5 Å². The van der Waals surface area contributed by atoms with Crippen LogP contribution in [0.25, 0.3) is 0 Å². The molecule has 1 aliphatic carbocycles. The van der Waals surface area contributed by atoms with Gasteiger partial charge in [-0.2, -0.15) is 0 Å². The molecule has 1 aromatic rings. The van der Waals surface area contributed by atoms with E-state index >= 15 is 0 Å². The largest absolute Gasteiger partial charge is 0.495 e. The molecule has 1 heterocycles. The molecule has 0 spiro atoms. The zero-order valence-electron chi connectivity index (χ0n) is 15.4. The minimum Gasteiger partial charge on any atom is -0.495 e. The number of hydrogen-bond acceptors (Lipinski definition) is 5. The molecule has 1 atom stereocenters. The third kappa shape index (κ3) is 4.69. The molecule has 0 saturated heterocycles. The number of aliphatic imine (C=N–C) groups is 1.